The number of fused-ring (bicyclic) bond motifs is 2. The molecule has 0 radical (unpaired) electrons. The van der Waals surface area contributed by atoms with E-state index in [4.69, 9.17) is 24.7 Å². The number of nitrogens with zero attached hydrogens (tertiary/aromatic N) is 9. The summed E-state index contributed by atoms with van der Waals surface area (Å²) in [6, 6.07) is 8.57. The van der Waals surface area contributed by atoms with Gasteiger partial charge in [0.15, 0.2) is 17.0 Å². The van der Waals surface area contributed by atoms with Crippen molar-refractivity contribution in [2.75, 3.05) is 50.8 Å². The second kappa shape index (κ2) is 10.4. The van der Waals surface area contributed by atoms with E-state index >= 15 is 0 Å². The van der Waals surface area contributed by atoms with Gasteiger partial charge in [-0.2, -0.15) is 9.97 Å². The predicted molar refractivity (Wildman–Crippen MR) is 153 cm³/mol. The van der Waals surface area contributed by atoms with Crippen LogP contribution in [0.15, 0.2) is 24.3 Å². The lowest BCUT2D eigenvalue weighted by molar-refractivity contribution is -0.138. The quantitative estimate of drug-likeness (QED) is 0.366. The molecule has 11 heteroatoms. The number of para-hydroxylation sites is 2. The van der Waals surface area contributed by atoms with E-state index in [1.54, 1.807) is 0 Å². The van der Waals surface area contributed by atoms with Gasteiger partial charge in [-0.25, -0.2) is 9.97 Å². The fraction of sp³-hybridized carbons (Fsp3) is 0.552. The minimum Gasteiger partial charge on any atom is -0.378 e. The van der Waals surface area contributed by atoms with E-state index in [1.165, 1.54) is 12.8 Å². The zero-order valence-corrected chi connectivity index (χ0v) is 23.4. The van der Waals surface area contributed by atoms with Crippen molar-refractivity contribution in [1.29, 1.82) is 0 Å². The maximum Gasteiger partial charge on any atom is 0.239 e. The van der Waals surface area contributed by atoms with Crippen LogP contribution in [0.25, 0.3) is 28.1 Å². The lowest BCUT2D eigenvalue weighted by Crippen LogP contribution is -2.53. The summed E-state index contributed by atoms with van der Waals surface area (Å²) in [5.41, 5.74) is 3.51. The standard InChI is InChI=1S/C29H37N9O2/c1-3-23-30-21-10-6-7-11-22(21)38(23)29-32-27-26(28(33-29)36-14-16-40-17-15-36)31-24(34(27)2)18-35-12-13-37(25(39)19-35)20-8-4-5-9-20/h6-7,10-11,20H,3-5,8-9,12-19H2,1-2H3. The van der Waals surface area contributed by atoms with Crippen LogP contribution in [0.3, 0.4) is 0 Å². The number of aromatic nitrogens is 6. The number of hydrogen-bond acceptors (Lipinski definition) is 8. The van der Waals surface area contributed by atoms with Gasteiger partial charge >= 0.3 is 0 Å². The molecule has 3 aromatic heterocycles. The van der Waals surface area contributed by atoms with Gasteiger partial charge in [0.2, 0.25) is 11.9 Å². The van der Waals surface area contributed by atoms with Gasteiger partial charge in [0.1, 0.15) is 11.6 Å². The molecule has 1 aromatic carbocycles. The molecule has 3 aliphatic rings. The molecule has 0 atom stereocenters. The molecule has 0 N–H and O–H groups in total. The summed E-state index contributed by atoms with van der Waals surface area (Å²) in [6.07, 6.45) is 5.53. The Labute approximate surface area is 233 Å². The van der Waals surface area contributed by atoms with E-state index in [1.807, 2.05) is 25.2 Å². The van der Waals surface area contributed by atoms with Gasteiger partial charge in [-0.05, 0) is 25.0 Å². The van der Waals surface area contributed by atoms with Gasteiger partial charge in [0.05, 0.1) is 37.3 Å². The number of carbonyl (C=O) groups is 1. The molecule has 4 aromatic rings. The Morgan fingerprint density at radius 2 is 1.75 bits per heavy atom. The number of carbonyl (C=O) groups excluding carboxylic acids is 1. The number of amides is 1. The molecule has 3 fully saturated rings. The third kappa shape index (κ3) is 4.41. The van der Waals surface area contributed by atoms with Gasteiger partial charge in [-0.15, -0.1) is 0 Å². The summed E-state index contributed by atoms with van der Waals surface area (Å²) in [5, 5.41) is 0. The molecule has 2 saturated heterocycles. The van der Waals surface area contributed by atoms with E-state index in [0.29, 0.717) is 38.3 Å². The van der Waals surface area contributed by atoms with Crippen LogP contribution in [-0.4, -0.2) is 96.8 Å². The number of benzene rings is 1. The Morgan fingerprint density at radius 1 is 0.950 bits per heavy atom. The largest absolute Gasteiger partial charge is 0.378 e. The molecule has 1 amide bonds. The van der Waals surface area contributed by atoms with Crippen LogP contribution in [0.2, 0.25) is 0 Å². The van der Waals surface area contributed by atoms with Crippen molar-refractivity contribution in [3.05, 3.63) is 35.9 Å². The third-order valence-electron chi connectivity index (χ3n) is 8.71. The van der Waals surface area contributed by atoms with E-state index < -0.39 is 0 Å². The zero-order chi connectivity index (χ0) is 27.2. The highest BCUT2D eigenvalue weighted by Gasteiger charge is 2.32. The molecule has 5 heterocycles. The van der Waals surface area contributed by atoms with Crippen LogP contribution in [0.4, 0.5) is 5.82 Å². The average Bonchev–Trinajstić information content (AvgIpc) is 3.72. The van der Waals surface area contributed by atoms with Crippen LogP contribution >= 0.6 is 0 Å². The second-order valence-electron chi connectivity index (χ2n) is 11.1. The number of piperazine rings is 1. The van der Waals surface area contributed by atoms with Crippen molar-refractivity contribution < 1.29 is 9.53 Å². The zero-order valence-electron chi connectivity index (χ0n) is 23.4. The van der Waals surface area contributed by atoms with E-state index in [0.717, 1.165) is 85.1 Å². The highest BCUT2D eigenvalue weighted by Crippen LogP contribution is 2.29. The van der Waals surface area contributed by atoms with Crippen molar-refractivity contribution >= 4 is 33.9 Å². The SMILES string of the molecule is CCc1nc2ccccc2n1-c1nc(N2CCOCC2)c2nc(CN3CCN(C4CCCC4)C(=O)C3)n(C)c2n1. The Hall–Kier alpha value is -3.57. The van der Waals surface area contributed by atoms with Crippen molar-refractivity contribution in [2.24, 2.45) is 7.05 Å². The molecule has 40 heavy (non-hydrogen) atoms. The Balaban J connectivity index is 1.27. The number of rotatable bonds is 6. The summed E-state index contributed by atoms with van der Waals surface area (Å²) < 4.78 is 9.79. The van der Waals surface area contributed by atoms with Crippen LogP contribution in [0.1, 0.15) is 44.3 Å². The highest BCUT2D eigenvalue weighted by molar-refractivity contribution is 5.86. The van der Waals surface area contributed by atoms with E-state index in [2.05, 4.69) is 36.8 Å². The first-order valence-electron chi connectivity index (χ1n) is 14.6. The number of anilines is 1. The Bertz CT molecular complexity index is 1550. The number of morpholine rings is 1. The van der Waals surface area contributed by atoms with Crippen molar-refractivity contribution in [2.45, 2.75) is 51.6 Å². The highest BCUT2D eigenvalue weighted by atomic mass is 16.5. The van der Waals surface area contributed by atoms with Crippen molar-refractivity contribution in [1.82, 2.24) is 38.9 Å². The van der Waals surface area contributed by atoms with E-state index in [-0.39, 0.29) is 5.91 Å². The Kier molecular flexibility index (Phi) is 6.63. The number of ether oxygens (including phenoxy) is 1. The molecule has 11 nitrogen and oxygen atoms in total. The Morgan fingerprint density at radius 3 is 2.52 bits per heavy atom. The van der Waals surface area contributed by atoms with Crippen molar-refractivity contribution in [3.8, 4) is 5.95 Å². The maximum absolute atomic E-state index is 13.1. The molecule has 7 rings (SSSR count). The minimum atomic E-state index is 0.243. The maximum atomic E-state index is 13.1. The van der Waals surface area contributed by atoms with Gasteiger partial charge in [0.25, 0.3) is 0 Å². The smallest absolute Gasteiger partial charge is 0.239 e. The minimum absolute atomic E-state index is 0.243. The summed E-state index contributed by atoms with van der Waals surface area (Å²) in [4.78, 5) is 39.8. The van der Waals surface area contributed by atoms with Crippen molar-refractivity contribution in [3.63, 3.8) is 0 Å². The van der Waals surface area contributed by atoms with Gasteiger partial charge in [-0.3, -0.25) is 14.3 Å². The van der Waals surface area contributed by atoms with Crippen LogP contribution in [0, 0.1) is 0 Å². The molecule has 1 saturated carbocycles. The molecular weight excluding hydrogens is 506 g/mol. The number of aryl methyl sites for hydroxylation is 2. The summed E-state index contributed by atoms with van der Waals surface area (Å²) in [6.45, 7) is 7.61. The topological polar surface area (TPSA) is 97.4 Å². The molecular formula is C29H37N9O2. The third-order valence-corrected chi connectivity index (χ3v) is 8.71. The second-order valence-corrected chi connectivity index (χ2v) is 11.1. The number of imidazole rings is 2. The normalized spacial score (nSPS) is 19.5. The summed E-state index contributed by atoms with van der Waals surface area (Å²) >= 11 is 0. The number of hydrogen-bond donors (Lipinski definition) is 0. The fourth-order valence-corrected chi connectivity index (χ4v) is 6.53. The monoisotopic (exact) mass is 543 g/mol. The van der Waals surface area contributed by atoms with Gasteiger partial charge in [-0.1, -0.05) is 31.9 Å². The first-order valence-corrected chi connectivity index (χ1v) is 14.6. The predicted octanol–water partition coefficient (Wildman–Crippen LogP) is 2.69. The lowest BCUT2D eigenvalue weighted by Gasteiger charge is -2.37. The van der Waals surface area contributed by atoms with Gasteiger partial charge < -0.3 is 19.1 Å². The first kappa shape index (κ1) is 25.4. The molecule has 210 valence electrons. The van der Waals surface area contributed by atoms with Crippen LogP contribution in [-0.2, 0) is 29.5 Å². The lowest BCUT2D eigenvalue weighted by atomic mass is 10.1. The van der Waals surface area contributed by atoms with Crippen LogP contribution in [0.5, 0.6) is 0 Å². The molecule has 0 bridgehead atoms. The fourth-order valence-electron chi connectivity index (χ4n) is 6.53. The first-order chi connectivity index (χ1) is 19.6. The summed E-state index contributed by atoms with van der Waals surface area (Å²) in [7, 11) is 2.02. The molecule has 0 unspecified atom stereocenters. The van der Waals surface area contributed by atoms with Crippen LogP contribution < -0.4 is 4.90 Å². The molecule has 1 aliphatic carbocycles. The average molecular weight is 544 g/mol. The molecule has 2 aliphatic heterocycles. The van der Waals surface area contributed by atoms with Gasteiger partial charge in [0, 0.05) is 45.7 Å². The summed E-state index contributed by atoms with van der Waals surface area (Å²) in [5.74, 6) is 3.49. The molecule has 0 spiro atoms. The van der Waals surface area contributed by atoms with E-state index in [9.17, 15) is 4.79 Å².